The van der Waals surface area contributed by atoms with Gasteiger partial charge in [0, 0.05) is 10.4 Å². The molecule has 0 aromatic heterocycles. The summed E-state index contributed by atoms with van der Waals surface area (Å²) in [7, 11) is 0. The molecule has 1 aliphatic rings. The van der Waals surface area contributed by atoms with Crippen molar-refractivity contribution >= 4 is 21.9 Å². The van der Waals surface area contributed by atoms with Gasteiger partial charge in [0.05, 0.1) is 0 Å². The molecule has 2 unspecified atom stereocenters. The molecule has 0 spiro atoms. The first kappa shape index (κ1) is 10.6. The van der Waals surface area contributed by atoms with Crippen molar-refractivity contribution in [1.29, 1.82) is 0 Å². The molecule has 1 aromatic rings. The average molecular weight is 273 g/mol. The van der Waals surface area contributed by atoms with Crippen LogP contribution in [0.4, 0.5) is 4.39 Å². The Morgan fingerprint density at radius 3 is 3.00 bits per heavy atom. The van der Waals surface area contributed by atoms with Gasteiger partial charge in [-0.05, 0) is 36.1 Å². The Hall–Kier alpha value is -0.900. The minimum atomic E-state index is -1.79. The van der Waals surface area contributed by atoms with Crippen LogP contribution in [0.2, 0.25) is 0 Å². The summed E-state index contributed by atoms with van der Waals surface area (Å²) in [6.07, 6.45) is -0.444. The van der Waals surface area contributed by atoms with Crippen molar-refractivity contribution in [1.82, 2.24) is 0 Å². The highest BCUT2D eigenvalue weighted by Gasteiger charge is 2.34. The van der Waals surface area contributed by atoms with Gasteiger partial charge >= 0.3 is 5.97 Å². The van der Waals surface area contributed by atoms with E-state index in [1.165, 1.54) is 0 Å². The number of hydrogen-bond acceptors (Lipinski definition) is 1. The quantitative estimate of drug-likeness (QED) is 0.899. The maximum atomic E-state index is 13.4. The number of halogens is 2. The Balaban J connectivity index is 2.35. The van der Waals surface area contributed by atoms with Crippen LogP contribution < -0.4 is 0 Å². The van der Waals surface area contributed by atoms with Crippen molar-refractivity contribution in [3.63, 3.8) is 0 Å². The SMILES string of the molecule is O=C(O)C(F)C1CCc2ccc(Br)cc21. The number of benzene rings is 1. The van der Waals surface area contributed by atoms with Crippen molar-refractivity contribution in [3.05, 3.63) is 33.8 Å². The van der Waals surface area contributed by atoms with E-state index in [9.17, 15) is 9.18 Å². The Bertz CT molecular complexity index is 406. The van der Waals surface area contributed by atoms with Gasteiger partial charge in [0.15, 0.2) is 0 Å². The highest BCUT2D eigenvalue weighted by Crippen LogP contribution is 2.38. The minimum absolute atomic E-state index is 0.491. The molecule has 0 saturated heterocycles. The van der Waals surface area contributed by atoms with Crippen molar-refractivity contribution in [2.24, 2.45) is 0 Å². The fourth-order valence-electron chi connectivity index (χ4n) is 2.08. The summed E-state index contributed by atoms with van der Waals surface area (Å²) in [5, 5.41) is 8.65. The predicted molar refractivity (Wildman–Crippen MR) is 57.7 cm³/mol. The molecule has 0 fully saturated rings. The van der Waals surface area contributed by atoms with E-state index in [4.69, 9.17) is 5.11 Å². The second kappa shape index (κ2) is 3.93. The molecule has 15 heavy (non-hydrogen) atoms. The number of fused-ring (bicyclic) bond motifs is 1. The molecule has 0 amide bonds. The van der Waals surface area contributed by atoms with E-state index in [1.807, 2.05) is 18.2 Å². The third-order valence-corrected chi connectivity index (χ3v) is 3.31. The van der Waals surface area contributed by atoms with Crippen LogP contribution >= 0.6 is 15.9 Å². The molecule has 4 heteroatoms. The zero-order chi connectivity index (χ0) is 11.0. The molecule has 1 N–H and O–H groups in total. The van der Waals surface area contributed by atoms with Crippen LogP contribution in [0.5, 0.6) is 0 Å². The molecular formula is C11H10BrFO2. The number of rotatable bonds is 2. The van der Waals surface area contributed by atoms with Gasteiger partial charge in [-0.15, -0.1) is 0 Å². The Labute approximate surface area is 95.2 Å². The van der Waals surface area contributed by atoms with Crippen LogP contribution in [0, 0.1) is 0 Å². The number of hydrogen-bond donors (Lipinski definition) is 1. The van der Waals surface area contributed by atoms with E-state index in [2.05, 4.69) is 15.9 Å². The molecule has 0 bridgehead atoms. The van der Waals surface area contributed by atoms with E-state index in [0.717, 1.165) is 22.0 Å². The first-order valence-corrected chi connectivity index (χ1v) is 5.54. The summed E-state index contributed by atoms with van der Waals surface area (Å²) in [6, 6.07) is 5.64. The minimum Gasteiger partial charge on any atom is -0.479 e. The van der Waals surface area contributed by atoms with Crippen LogP contribution in [0.1, 0.15) is 23.5 Å². The Morgan fingerprint density at radius 1 is 1.60 bits per heavy atom. The Morgan fingerprint density at radius 2 is 2.33 bits per heavy atom. The van der Waals surface area contributed by atoms with Gasteiger partial charge < -0.3 is 5.11 Å². The van der Waals surface area contributed by atoms with E-state index < -0.39 is 18.1 Å². The number of aliphatic carboxylic acids is 1. The number of carboxylic acid groups (broad SMARTS) is 1. The summed E-state index contributed by atoms with van der Waals surface area (Å²) in [5.41, 5.74) is 1.89. The zero-order valence-electron chi connectivity index (χ0n) is 7.91. The van der Waals surface area contributed by atoms with Crippen LogP contribution in [-0.4, -0.2) is 17.2 Å². The molecule has 0 aliphatic heterocycles. The molecule has 80 valence electrons. The lowest BCUT2D eigenvalue weighted by Gasteiger charge is -2.13. The maximum absolute atomic E-state index is 13.4. The van der Waals surface area contributed by atoms with E-state index in [0.29, 0.717) is 6.42 Å². The predicted octanol–water partition coefficient (Wildman–Crippen LogP) is 2.90. The number of carbonyl (C=O) groups is 1. The van der Waals surface area contributed by atoms with Crippen LogP contribution in [0.25, 0.3) is 0 Å². The summed E-state index contributed by atoms with van der Waals surface area (Å²) < 4.78 is 14.3. The van der Waals surface area contributed by atoms with Crippen molar-refractivity contribution in [2.45, 2.75) is 24.9 Å². The molecule has 1 aliphatic carbocycles. The van der Waals surface area contributed by atoms with Crippen LogP contribution in [-0.2, 0) is 11.2 Å². The Kier molecular flexibility index (Phi) is 2.78. The number of alkyl halides is 1. The highest BCUT2D eigenvalue weighted by molar-refractivity contribution is 9.10. The first-order valence-electron chi connectivity index (χ1n) is 4.75. The molecule has 0 radical (unpaired) electrons. The van der Waals surface area contributed by atoms with Crippen LogP contribution in [0.3, 0.4) is 0 Å². The lowest BCUT2D eigenvalue weighted by atomic mass is 9.96. The lowest BCUT2D eigenvalue weighted by molar-refractivity contribution is -0.143. The first-order chi connectivity index (χ1) is 7.09. The summed E-state index contributed by atoms with van der Waals surface area (Å²) in [4.78, 5) is 10.6. The molecule has 0 saturated carbocycles. The number of carboxylic acids is 1. The van der Waals surface area contributed by atoms with Crippen molar-refractivity contribution < 1.29 is 14.3 Å². The largest absolute Gasteiger partial charge is 0.479 e. The van der Waals surface area contributed by atoms with E-state index >= 15 is 0 Å². The van der Waals surface area contributed by atoms with Gasteiger partial charge in [0.25, 0.3) is 0 Å². The van der Waals surface area contributed by atoms with Gasteiger partial charge in [0.1, 0.15) is 0 Å². The molecule has 2 atom stereocenters. The fourth-order valence-corrected chi connectivity index (χ4v) is 2.46. The molecule has 0 heterocycles. The van der Waals surface area contributed by atoms with Gasteiger partial charge in [0.2, 0.25) is 6.17 Å². The van der Waals surface area contributed by atoms with Gasteiger partial charge in [-0.1, -0.05) is 22.0 Å². The average Bonchev–Trinajstić information content (AvgIpc) is 2.59. The second-order valence-electron chi connectivity index (χ2n) is 3.73. The third-order valence-electron chi connectivity index (χ3n) is 2.82. The fraction of sp³-hybridized carbons (Fsp3) is 0.364. The van der Waals surface area contributed by atoms with E-state index in [-0.39, 0.29) is 0 Å². The van der Waals surface area contributed by atoms with E-state index in [1.54, 1.807) is 0 Å². The number of aryl methyl sites for hydroxylation is 1. The van der Waals surface area contributed by atoms with Gasteiger partial charge in [-0.3, -0.25) is 0 Å². The smallest absolute Gasteiger partial charge is 0.338 e. The second-order valence-corrected chi connectivity index (χ2v) is 4.64. The molecule has 1 aromatic carbocycles. The molecular weight excluding hydrogens is 263 g/mol. The highest BCUT2D eigenvalue weighted by atomic mass is 79.9. The van der Waals surface area contributed by atoms with Crippen molar-refractivity contribution in [2.75, 3.05) is 0 Å². The standard InChI is InChI=1S/C11H10BrFO2/c12-7-3-1-6-2-4-8(9(6)5-7)10(13)11(14)15/h1,3,5,8,10H,2,4H2,(H,14,15). The maximum Gasteiger partial charge on any atom is 0.338 e. The molecule has 2 nitrogen and oxygen atoms in total. The normalized spacial score (nSPS) is 21.1. The van der Waals surface area contributed by atoms with Crippen molar-refractivity contribution in [3.8, 4) is 0 Å². The van der Waals surface area contributed by atoms with Crippen LogP contribution in [0.15, 0.2) is 22.7 Å². The zero-order valence-corrected chi connectivity index (χ0v) is 9.50. The van der Waals surface area contributed by atoms with Gasteiger partial charge in [-0.25, -0.2) is 9.18 Å². The monoisotopic (exact) mass is 272 g/mol. The topological polar surface area (TPSA) is 37.3 Å². The van der Waals surface area contributed by atoms with Gasteiger partial charge in [-0.2, -0.15) is 0 Å². The lowest BCUT2D eigenvalue weighted by Crippen LogP contribution is -2.21. The summed E-state index contributed by atoms with van der Waals surface area (Å²) in [6.45, 7) is 0. The summed E-state index contributed by atoms with van der Waals surface area (Å²) in [5.74, 6) is -1.86. The third kappa shape index (κ3) is 1.91. The summed E-state index contributed by atoms with van der Waals surface area (Å²) >= 11 is 3.31. The molecule has 2 rings (SSSR count).